The minimum absolute atomic E-state index is 0.210. The first-order valence-electron chi connectivity index (χ1n) is 6.06. The highest BCUT2D eigenvalue weighted by molar-refractivity contribution is 8.03. The second kappa shape index (κ2) is 6.12. The van der Waals surface area contributed by atoms with Gasteiger partial charge in [-0.15, -0.1) is 0 Å². The van der Waals surface area contributed by atoms with Crippen molar-refractivity contribution in [3.8, 4) is 5.40 Å². The van der Waals surface area contributed by atoms with Crippen LogP contribution in [0.15, 0.2) is 18.2 Å². The summed E-state index contributed by atoms with van der Waals surface area (Å²) >= 11 is 1.35. The van der Waals surface area contributed by atoms with Crippen molar-refractivity contribution < 1.29 is 0 Å². The predicted octanol–water partition coefficient (Wildman–Crippen LogP) is 4.44. The van der Waals surface area contributed by atoms with Crippen LogP contribution in [-0.4, -0.2) is 5.75 Å². The molecule has 0 saturated carbocycles. The third-order valence-electron chi connectivity index (χ3n) is 2.89. The van der Waals surface area contributed by atoms with Crippen molar-refractivity contribution in [2.75, 3.05) is 5.75 Å². The molecule has 0 saturated heterocycles. The Morgan fingerprint density at radius 1 is 1.29 bits per heavy atom. The van der Waals surface area contributed by atoms with Crippen molar-refractivity contribution in [3.63, 3.8) is 0 Å². The Labute approximate surface area is 109 Å². The molecule has 0 bridgehead atoms. The lowest BCUT2D eigenvalue weighted by Gasteiger charge is -2.22. The maximum atomic E-state index is 8.46. The number of benzene rings is 1. The Balaban J connectivity index is 2.73. The summed E-state index contributed by atoms with van der Waals surface area (Å²) < 4.78 is 0. The fourth-order valence-corrected chi connectivity index (χ4v) is 2.41. The first-order valence-corrected chi connectivity index (χ1v) is 7.04. The van der Waals surface area contributed by atoms with Crippen LogP contribution in [0.4, 0.5) is 0 Å². The van der Waals surface area contributed by atoms with Gasteiger partial charge in [0.1, 0.15) is 5.40 Å². The number of thiocyanates is 1. The topological polar surface area (TPSA) is 23.8 Å². The van der Waals surface area contributed by atoms with Crippen molar-refractivity contribution in [1.82, 2.24) is 0 Å². The van der Waals surface area contributed by atoms with Gasteiger partial charge in [-0.05, 0) is 53.6 Å². The van der Waals surface area contributed by atoms with Gasteiger partial charge in [-0.25, -0.2) is 0 Å². The maximum Gasteiger partial charge on any atom is 0.133 e. The van der Waals surface area contributed by atoms with E-state index >= 15 is 0 Å². The summed E-state index contributed by atoms with van der Waals surface area (Å²) in [5.74, 6) is 0.926. The molecule has 0 radical (unpaired) electrons. The number of aryl methyl sites for hydroxylation is 2. The van der Waals surface area contributed by atoms with Crippen LogP contribution in [0, 0.1) is 17.6 Å². The maximum absolute atomic E-state index is 8.46. The van der Waals surface area contributed by atoms with E-state index in [2.05, 4.69) is 51.3 Å². The average molecular weight is 247 g/mol. The quantitative estimate of drug-likeness (QED) is 0.580. The molecule has 0 aliphatic rings. The molecule has 0 atom stereocenters. The number of hydrogen-bond donors (Lipinski definition) is 0. The molecule has 0 aliphatic carbocycles. The van der Waals surface area contributed by atoms with Gasteiger partial charge >= 0.3 is 0 Å². The summed E-state index contributed by atoms with van der Waals surface area (Å²) in [5.41, 5.74) is 4.40. The van der Waals surface area contributed by atoms with E-state index in [0.717, 1.165) is 18.6 Å². The Morgan fingerprint density at radius 2 is 2.00 bits per heavy atom. The van der Waals surface area contributed by atoms with E-state index in [-0.39, 0.29) is 5.41 Å². The standard InChI is InChI=1S/C15H21NS/c1-12-7-8-13(6-5-9-17-11-16)10-14(12)15(2,3)4/h7-8,10H,5-6,9H2,1-4H3. The van der Waals surface area contributed by atoms with Gasteiger partial charge in [0, 0.05) is 5.75 Å². The van der Waals surface area contributed by atoms with E-state index < -0.39 is 0 Å². The Kier molecular flexibility index (Phi) is 5.08. The van der Waals surface area contributed by atoms with Crippen molar-refractivity contribution in [2.24, 2.45) is 0 Å². The molecule has 0 fully saturated rings. The third kappa shape index (κ3) is 4.44. The number of hydrogen-bond acceptors (Lipinski definition) is 2. The Hall–Kier alpha value is -0.940. The highest BCUT2D eigenvalue weighted by Gasteiger charge is 2.16. The SMILES string of the molecule is Cc1ccc(CCCSC#N)cc1C(C)(C)C. The van der Waals surface area contributed by atoms with Crippen molar-refractivity contribution in [3.05, 3.63) is 34.9 Å². The van der Waals surface area contributed by atoms with Crippen LogP contribution in [0.1, 0.15) is 43.9 Å². The van der Waals surface area contributed by atoms with Crippen molar-refractivity contribution >= 4 is 11.8 Å². The first kappa shape index (κ1) is 14.1. The van der Waals surface area contributed by atoms with Gasteiger partial charge in [0.2, 0.25) is 0 Å². The zero-order valence-electron chi connectivity index (χ0n) is 11.2. The molecular weight excluding hydrogens is 226 g/mol. The average Bonchev–Trinajstić information content (AvgIpc) is 2.25. The molecule has 0 aliphatic heterocycles. The van der Waals surface area contributed by atoms with Crippen LogP contribution in [0.2, 0.25) is 0 Å². The minimum Gasteiger partial charge on any atom is -0.185 e. The molecule has 0 N–H and O–H groups in total. The second-order valence-corrected chi connectivity index (χ2v) is 6.32. The van der Waals surface area contributed by atoms with E-state index in [9.17, 15) is 0 Å². The smallest absolute Gasteiger partial charge is 0.133 e. The zero-order valence-corrected chi connectivity index (χ0v) is 12.0. The van der Waals surface area contributed by atoms with Crippen LogP contribution in [0.5, 0.6) is 0 Å². The van der Waals surface area contributed by atoms with Gasteiger partial charge in [0.25, 0.3) is 0 Å². The molecule has 1 aromatic carbocycles. The molecule has 0 unspecified atom stereocenters. The van der Waals surface area contributed by atoms with Gasteiger partial charge in [-0.2, -0.15) is 5.26 Å². The molecule has 2 heteroatoms. The number of nitriles is 1. The predicted molar refractivity (Wildman–Crippen MR) is 76.3 cm³/mol. The largest absolute Gasteiger partial charge is 0.185 e. The first-order chi connectivity index (χ1) is 7.95. The van der Waals surface area contributed by atoms with E-state index in [4.69, 9.17) is 5.26 Å². The van der Waals surface area contributed by atoms with E-state index in [1.165, 1.54) is 28.5 Å². The van der Waals surface area contributed by atoms with Crippen LogP contribution >= 0.6 is 11.8 Å². The van der Waals surface area contributed by atoms with Crippen molar-refractivity contribution in [2.45, 2.75) is 46.0 Å². The summed E-state index contributed by atoms with van der Waals surface area (Å²) in [4.78, 5) is 0. The second-order valence-electron chi connectivity index (χ2n) is 5.44. The Bertz CT molecular complexity index is 410. The van der Waals surface area contributed by atoms with Crippen LogP contribution in [-0.2, 0) is 11.8 Å². The van der Waals surface area contributed by atoms with E-state index in [1.807, 2.05) is 0 Å². The molecule has 17 heavy (non-hydrogen) atoms. The summed E-state index contributed by atoms with van der Waals surface area (Å²) in [7, 11) is 0. The highest BCUT2D eigenvalue weighted by atomic mass is 32.2. The highest BCUT2D eigenvalue weighted by Crippen LogP contribution is 2.26. The minimum atomic E-state index is 0.210. The Morgan fingerprint density at radius 3 is 2.59 bits per heavy atom. The molecule has 0 heterocycles. The fourth-order valence-electron chi connectivity index (χ4n) is 2.03. The molecule has 0 amide bonds. The fraction of sp³-hybridized carbons (Fsp3) is 0.533. The van der Waals surface area contributed by atoms with Crippen LogP contribution in [0.25, 0.3) is 0 Å². The van der Waals surface area contributed by atoms with Gasteiger partial charge in [-0.3, -0.25) is 0 Å². The summed E-state index contributed by atoms with van der Waals surface area (Å²) in [6, 6.07) is 6.75. The lowest BCUT2D eigenvalue weighted by molar-refractivity contribution is 0.585. The molecule has 1 aromatic rings. The monoisotopic (exact) mass is 247 g/mol. The van der Waals surface area contributed by atoms with E-state index in [1.54, 1.807) is 0 Å². The molecule has 1 rings (SSSR count). The summed E-state index contributed by atoms with van der Waals surface area (Å²) in [6.07, 6.45) is 2.14. The van der Waals surface area contributed by atoms with E-state index in [0.29, 0.717) is 0 Å². The molecule has 92 valence electrons. The lowest BCUT2D eigenvalue weighted by atomic mass is 9.83. The molecule has 0 aromatic heterocycles. The zero-order chi connectivity index (χ0) is 12.9. The number of nitrogens with zero attached hydrogens (tertiary/aromatic N) is 1. The third-order valence-corrected chi connectivity index (χ3v) is 3.51. The normalized spacial score (nSPS) is 11.2. The molecule has 1 nitrogen and oxygen atoms in total. The van der Waals surface area contributed by atoms with Crippen molar-refractivity contribution in [1.29, 1.82) is 5.26 Å². The van der Waals surface area contributed by atoms with Crippen LogP contribution in [0.3, 0.4) is 0 Å². The van der Waals surface area contributed by atoms with Gasteiger partial charge in [0.15, 0.2) is 0 Å². The molecular formula is C15H21NS. The number of rotatable bonds is 4. The summed E-state index contributed by atoms with van der Waals surface area (Å²) in [5, 5.41) is 10.6. The molecule has 0 spiro atoms. The van der Waals surface area contributed by atoms with Gasteiger partial charge < -0.3 is 0 Å². The summed E-state index contributed by atoms with van der Waals surface area (Å²) in [6.45, 7) is 8.94. The lowest BCUT2D eigenvalue weighted by Crippen LogP contribution is -2.13. The number of thioether (sulfide) groups is 1. The van der Waals surface area contributed by atoms with Gasteiger partial charge in [-0.1, -0.05) is 39.0 Å². The van der Waals surface area contributed by atoms with Crippen LogP contribution < -0.4 is 0 Å². The van der Waals surface area contributed by atoms with Gasteiger partial charge in [0.05, 0.1) is 0 Å².